The number of hydrogen-bond donors (Lipinski definition) is 3. The lowest BCUT2D eigenvalue weighted by atomic mass is 9.88. The normalized spacial score (nSPS) is 11.7. The summed E-state index contributed by atoms with van der Waals surface area (Å²) in [6.07, 6.45) is 1.56. The third-order valence-electron chi connectivity index (χ3n) is 5.38. The molecule has 3 aromatic carbocycles. The Balaban J connectivity index is 1.89. The van der Waals surface area contributed by atoms with Gasteiger partial charge in [-0.15, -0.1) is 0 Å². The zero-order valence-electron chi connectivity index (χ0n) is 17.7. The number of nitro benzene ring substituents is 1. The summed E-state index contributed by atoms with van der Waals surface area (Å²) >= 11 is 0. The van der Waals surface area contributed by atoms with E-state index >= 15 is 0 Å². The quantitative estimate of drug-likeness (QED) is 0.269. The van der Waals surface area contributed by atoms with Crippen LogP contribution in [0.2, 0.25) is 0 Å². The molecule has 0 spiro atoms. The number of fused-ring (bicyclic) bond motifs is 1. The number of carbonyl (C=O) groups excluding carboxylic acids is 1. The molecule has 10 heteroatoms. The zero-order valence-corrected chi connectivity index (χ0v) is 17.7. The number of nitro groups is 1. The number of aromatic nitrogens is 1. The Bertz CT molecular complexity index is 1410. The molecular formula is C24H18FN3O6. The maximum absolute atomic E-state index is 13.5. The summed E-state index contributed by atoms with van der Waals surface area (Å²) in [7, 11) is 1.35. The second-order valence-electron chi connectivity index (χ2n) is 7.42. The fourth-order valence-electron chi connectivity index (χ4n) is 3.76. The Kier molecular flexibility index (Phi) is 5.96. The van der Waals surface area contributed by atoms with Crippen molar-refractivity contribution in [1.29, 1.82) is 0 Å². The van der Waals surface area contributed by atoms with Gasteiger partial charge in [0.2, 0.25) is 5.91 Å². The van der Waals surface area contributed by atoms with Crippen molar-refractivity contribution in [3.63, 3.8) is 0 Å². The monoisotopic (exact) mass is 463 g/mol. The molecule has 0 saturated heterocycles. The van der Waals surface area contributed by atoms with E-state index in [0.29, 0.717) is 27.7 Å². The number of aromatic carboxylic acids is 1. The number of carbonyl (C=O) groups is 2. The summed E-state index contributed by atoms with van der Waals surface area (Å²) in [6, 6.07) is 13.5. The second kappa shape index (κ2) is 9.02. The van der Waals surface area contributed by atoms with Gasteiger partial charge in [-0.2, -0.15) is 0 Å². The van der Waals surface area contributed by atoms with Crippen molar-refractivity contribution < 1.29 is 28.7 Å². The van der Waals surface area contributed by atoms with Crippen molar-refractivity contribution in [2.45, 2.75) is 5.92 Å². The molecule has 172 valence electrons. The number of amides is 1. The van der Waals surface area contributed by atoms with E-state index in [1.807, 2.05) is 0 Å². The van der Waals surface area contributed by atoms with E-state index < -0.39 is 28.5 Å². The highest BCUT2D eigenvalue weighted by Gasteiger charge is 2.30. The van der Waals surface area contributed by atoms with Crippen LogP contribution in [0.1, 0.15) is 27.4 Å². The van der Waals surface area contributed by atoms with E-state index in [4.69, 9.17) is 4.74 Å². The van der Waals surface area contributed by atoms with Crippen LogP contribution in [0.15, 0.2) is 66.9 Å². The number of benzene rings is 3. The molecule has 3 N–H and O–H groups in total. The Morgan fingerprint density at radius 3 is 2.47 bits per heavy atom. The van der Waals surface area contributed by atoms with Crippen molar-refractivity contribution in [3.05, 3.63) is 99.5 Å². The summed E-state index contributed by atoms with van der Waals surface area (Å²) in [5.41, 5.74) is 1.48. The van der Waals surface area contributed by atoms with Crippen LogP contribution in [0.5, 0.6) is 5.75 Å². The SMILES string of the molecule is COc1cc(C(=O)O)ccc1C(C(=O)Nc1ccc(F)cc1)c1c[nH]c2ccc([N+](=O)[O-])cc12. The van der Waals surface area contributed by atoms with E-state index in [2.05, 4.69) is 10.3 Å². The number of non-ortho nitro benzene ring substituents is 1. The molecule has 1 unspecified atom stereocenters. The number of nitrogens with one attached hydrogen (secondary N) is 2. The van der Waals surface area contributed by atoms with Crippen molar-refractivity contribution >= 4 is 34.2 Å². The number of carboxylic acid groups (broad SMARTS) is 1. The molecule has 1 amide bonds. The summed E-state index contributed by atoms with van der Waals surface area (Å²) < 4.78 is 18.7. The molecule has 0 aliphatic heterocycles. The predicted octanol–water partition coefficient (Wildman–Crippen LogP) is 4.69. The number of H-pyrrole nitrogens is 1. The van der Waals surface area contributed by atoms with Crippen LogP contribution in [0, 0.1) is 15.9 Å². The minimum absolute atomic E-state index is 0.0344. The number of carboxylic acids is 1. The molecule has 4 rings (SSSR count). The molecule has 1 heterocycles. The van der Waals surface area contributed by atoms with Crippen molar-refractivity contribution in [2.75, 3.05) is 12.4 Å². The minimum Gasteiger partial charge on any atom is -0.496 e. The third kappa shape index (κ3) is 4.29. The van der Waals surface area contributed by atoms with Crippen LogP contribution in [0.3, 0.4) is 0 Å². The lowest BCUT2D eigenvalue weighted by Crippen LogP contribution is -2.23. The maximum Gasteiger partial charge on any atom is 0.335 e. The van der Waals surface area contributed by atoms with E-state index in [1.165, 1.54) is 67.8 Å². The first kappa shape index (κ1) is 22.5. The number of nitrogens with zero attached hydrogens (tertiary/aromatic N) is 1. The Morgan fingerprint density at radius 2 is 1.82 bits per heavy atom. The Hall–Kier alpha value is -4.73. The van der Waals surface area contributed by atoms with Gasteiger partial charge in [0.1, 0.15) is 11.6 Å². The molecule has 34 heavy (non-hydrogen) atoms. The second-order valence-corrected chi connectivity index (χ2v) is 7.42. The summed E-state index contributed by atoms with van der Waals surface area (Å²) in [4.78, 5) is 38.8. The van der Waals surface area contributed by atoms with Crippen LogP contribution in [0.4, 0.5) is 15.8 Å². The molecule has 1 aromatic heterocycles. The molecule has 0 fully saturated rings. The Morgan fingerprint density at radius 1 is 1.09 bits per heavy atom. The molecule has 0 aliphatic carbocycles. The van der Waals surface area contributed by atoms with Crippen LogP contribution >= 0.6 is 0 Å². The molecule has 0 aliphatic rings. The maximum atomic E-state index is 13.5. The van der Waals surface area contributed by atoms with Gasteiger partial charge in [-0.05, 0) is 48.0 Å². The highest BCUT2D eigenvalue weighted by molar-refractivity contribution is 6.02. The molecule has 4 aromatic rings. The van der Waals surface area contributed by atoms with Crippen LogP contribution in [-0.4, -0.2) is 34.0 Å². The van der Waals surface area contributed by atoms with Gasteiger partial charge in [0, 0.05) is 40.5 Å². The first-order chi connectivity index (χ1) is 16.3. The lowest BCUT2D eigenvalue weighted by molar-refractivity contribution is -0.384. The van der Waals surface area contributed by atoms with Crippen LogP contribution in [0.25, 0.3) is 10.9 Å². The third-order valence-corrected chi connectivity index (χ3v) is 5.38. The number of aromatic amines is 1. The molecule has 0 bridgehead atoms. The van der Waals surface area contributed by atoms with E-state index in [0.717, 1.165) is 0 Å². The number of anilines is 1. The first-order valence-corrected chi connectivity index (χ1v) is 10.0. The van der Waals surface area contributed by atoms with E-state index in [1.54, 1.807) is 6.20 Å². The molecule has 0 radical (unpaired) electrons. The largest absolute Gasteiger partial charge is 0.496 e. The summed E-state index contributed by atoms with van der Waals surface area (Å²) in [5.74, 6) is -3.05. The Labute approximate surface area is 191 Å². The fraction of sp³-hybridized carbons (Fsp3) is 0.0833. The van der Waals surface area contributed by atoms with Crippen LogP contribution in [-0.2, 0) is 4.79 Å². The van der Waals surface area contributed by atoms with Crippen molar-refractivity contribution in [3.8, 4) is 5.75 Å². The number of hydrogen-bond acceptors (Lipinski definition) is 5. The lowest BCUT2D eigenvalue weighted by Gasteiger charge is -2.20. The van der Waals surface area contributed by atoms with Crippen molar-refractivity contribution in [1.82, 2.24) is 4.98 Å². The number of rotatable bonds is 7. The molecule has 9 nitrogen and oxygen atoms in total. The fourth-order valence-corrected chi connectivity index (χ4v) is 3.76. The molecule has 1 atom stereocenters. The van der Waals surface area contributed by atoms with Crippen molar-refractivity contribution in [2.24, 2.45) is 0 Å². The average Bonchev–Trinajstić information content (AvgIpc) is 3.23. The minimum atomic E-state index is -1.17. The van der Waals surface area contributed by atoms with Gasteiger partial charge in [0.15, 0.2) is 0 Å². The van der Waals surface area contributed by atoms with Gasteiger partial charge < -0.3 is 20.1 Å². The highest BCUT2D eigenvalue weighted by atomic mass is 19.1. The standard InChI is InChI=1S/C24H18FN3O6/c1-34-21-10-13(24(30)31)2-8-17(21)22(23(29)27-15-5-3-14(25)4-6-15)19-12-26-20-9-7-16(28(32)33)11-18(19)20/h2-12,22,26H,1H3,(H,27,29)(H,30,31). The smallest absolute Gasteiger partial charge is 0.335 e. The molecular weight excluding hydrogens is 445 g/mol. The highest BCUT2D eigenvalue weighted by Crippen LogP contribution is 2.38. The van der Waals surface area contributed by atoms with Gasteiger partial charge in [-0.1, -0.05) is 6.07 Å². The van der Waals surface area contributed by atoms with E-state index in [-0.39, 0.29) is 17.0 Å². The van der Waals surface area contributed by atoms with Crippen LogP contribution < -0.4 is 10.1 Å². The zero-order chi connectivity index (χ0) is 24.4. The summed E-state index contributed by atoms with van der Waals surface area (Å²) in [5, 5.41) is 23.8. The van der Waals surface area contributed by atoms with Gasteiger partial charge in [0.05, 0.1) is 23.5 Å². The van der Waals surface area contributed by atoms with Gasteiger partial charge >= 0.3 is 5.97 Å². The van der Waals surface area contributed by atoms with E-state index in [9.17, 15) is 29.2 Å². The topological polar surface area (TPSA) is 135 Å². The number of methoxy groups -OCH3 is 1. The summed E-state index contributed by atoms with van der Waals surface area (Å²) in [6.45, 7) is 0. The first-order valence-electron chi connectivity index (χ1n) is 10.0. The predicted molar refractivity (Wildman–Crippen MR) is 122 cm³/mol. The average molecular weight is 463 g/mol. The number of halogens is 1. The molecule has 0 saturated carbocycles. The van der Waals surface area contributed by atoms with Gasteiger partial charge in [-0.3, -0.25) is 14.9 Å². The van der Waals surface area contributed by atoms with Gasteiger partial charge in [0.25, 0.3) is 5.69 Å². The number of ether oxygens (including phenoxy) is 1. The van der Waals surface area contributed by atoms with Gasteiger partial charge in [-0.25, -0.2) is 9.18 Å².